The summed E-state index contributed by atoms with van der Waals surface area (Å²) >= 11 is 0. The van der Waals surface area contributed by atoms with E-state index in [1.165, 1.54) is 5.56 Å². The highest BCUT2D eigenvalue weighted by molar-refractivity contribution is 6.10. The van der Waals surface area contributed by atoms with E-state index >= 15 is 0 Å². The van der Waals surface area contributed by atoms with Crippen LogP contribution in [0.2, 0.25) is 0 Å². The lowest BCUT2D eigenvalue weighted by atomic mass is 10.0. The smallest absolute Gasteiger partial charge is 0.214 e. The van der Waals surface area contributed by atoms with Crippen molar-refractivity contribution in [2.24, 2.45) is 0 Å². The zero-order chi connectivity index (χ0) is 20.9. The molecule has 1 aliphatic heterocycles. The average Bonchev–Trinajstić information content (AvgIpc) is 2.80. The highest BCUT2D eigenvalue weighted by Crippen LogP contribution is 2.23. The van der Waals surface area contributed by atoms with Crippen LogP contribution in [0.15, 0.2) is 60.8 Å². The summed E-state index contributed by atoms with van der Waals surface area (Å²) in [4.78, 5) is 24.5. The molecule has 3 heterocycles. The average molecular weight is 401 g/mol. The maximum atomic E-state index is 13.3. The second-order valence-electron chi connectivity index (χ2n) is 7.27. The standard InChI is InChI=1S/C25H24N4O.2H2/c1-3-8-20-12-13-23(28-24(20)25(30)21-11-7-14-26-18(21)2)29-16-15-27-22(17-29)19-9-5-4-6-10-19;;/h4-7,9-14,22,27H,15-17H2,1-2H3;2*1H. The van der Waals surface area contributed by atoms with Gasteiger partial charge >= 0.3 is 0 Å². The van der Waals surface area contributed by atoms with Gasteiger partial charge in [-0.2, -0.15) is 0 Å². The highest BCUT2D eigenvalue weighted by atomic mass is 16.1. The number of benzene rings is 1. The fraction of sp³-hybridized carbons (Fsp3) is 0.240. The molecule has 1 atom stereocenters. The number of hydrogen-bond acceptors (Lipinski definition) is 5. The van der Waals surface area contributed by atoms with E-state index in [0.717, 1.165) is 25.5 Å². The molecular weight excluding hydrogens is 372 g/mol. The molecule has 2 aromatic heterocycles. The van der Waals surface area contributed by atoms with Gasteiger partial charge in [0.15, 0.2) is 0 Å². The number of carbonyl (C=O) groups excluding carboxylic acids is 1. The first-order chi connectivity index (χ1) is 14.7. The van der Waals surface area contributed by atoms with Crippen LogP contribution in [0.3, 0.4) is 0 Å². The van der Waals surface area contributed by atoms with Crippen molar-refractivity contribution in [3.8, 4) is 11.8 Å². The van der Waals surface area contributed by atoms with Crippen molar-refractivity contribution >= 4 is 11.6 Å². The highest BCUT2D eigenvalue weighted by Gasteiger charge is 2.24. The van der Waals surface area contributed by atoms with Crippen molar-refractivity contribution in [1.29, 1.82) is 0 Å². The predicted molar refractivity (Wildman–Crippen MR) is 123 cm³/mol. The molecule has 0 saturated carbocycles. The molecule has 5 heteroatoms. The number of ketones is 1. The Balaban J connectivity index is 0.00000181. The van der Waals surface area contributed by atoms with Gasteiger partial charge in [-0.15, -0.1) is 5.92 Å². The molecule has 0 spiro atoms. The first-order valence-corrected chi connectivity index (χ1v) is 10.1. The summed E-state index contributed by atoms with van der Waals surface area (Å²) in [5, 5.41) is 3.57. The summed E-state index contributed by atoms with van der Waals surface area (Å²) < 4.78 is 0. The fourth-order valence-electron chi connectivity index (χ4n) is 3.75. The van der Waals surface area contributed by atoms with Crippen LogP contribution in [0, 0.1) is 18.8 Å². The normalized spacial score (nSPS) is 15.9. The molecule has 154 valence electrons. The fourth-order valence-corrected chi connectivity index (χ4v) is 3.75. The van der Waals surface area contributed by atoms with Crippen molar-refractivity contribution in [2.45, 2.75) is 19.9 Å². The second kappa shape index (κ2) is 8.89. The van der Waals surface area contributed by atoms with Gasteiger partial charge in [0.2, 0.25) is 5.78 Å². The lowest BCUT2D eigenvalue weighted by molar-refractivity contribution is 0.103. The van der Waals surface area contributed by atoms with E-state index in [1.54, 1.807) is 25.3 Å². The van der Waals surface area contributed by atoms with Gasteiger partial charge < -0.3 is 10.2 Å². The van der Waals surface area contributed by atoms with Crippen LogP contribution in [-0.4, -0.2) is 35.4 Å². The van der Waals surface area contributed by atoms with E-state index in [4.69, 9.17) is 4.98 Å². The third kappa shape index (κ3) is 4.10. The van der Waals surface area contributed by atoms with Crippen LogP contribution >= 0.6 is 0 Å². The third-order valence-corrected chi connectivity index (χ3v) is 5.31. The third-order valence-electron chi connectivity index (χ3n) is 5.31. The lowest BCUT2D eigenvalue weighted by Gasteiger charge is -2.35. The number of nitrogens with zero attached hydrogens (tertiary/aromatic N) is 3. The molecule has 1 aliphatic rings. The molecular formula is C25H28N4O. The molecule has 1 aromatic carbocycles. The van der Waals surface area contributed by atoms with Crippen LogP contribution in [0.4, 0.5) is 5.82 Å². The summed E-state index contributed by atoms with van der Waals surface area (Å²) in [5.41, 5.74) is 3.52. The topological polar surface area (TPSA) is 58.1 Å². The largest absolute Gasteiger partial charge is 0.353 e. The van der Waals surface area contributed by atoms with E-state index in [0.29, 0.717) is 22.5 Å². The number of carbonyl (C=O) groups is 1. The monoisotopic (exact) mass is 400 g/mol. The van der Waals surface area contributed by atoms with Gasteiger partial charge in [0.05, 0.1) is 5.56 Å². The number of nitrogens with one attached hydrogen (secondary N) is 1. The van der Waals surface area contributed by atoms with Crippen LogP contribution in [0.1, 0.15) is 48.7 Å². The first kappa shape index (κ1) is 19.8. The van der Waals surface area contributed by atoms with Gasteiger partial charge in [-0.3, -0.25) is 9.78 Å². The predicted octanol–water partition coefficient (Wildman–Crippen LogP) is 4.03. The molecule has 0 bridgehead atoms. The van der Waals surface area contributed by atoms with Gasteiger partial charge in [0.25, 0.3) is 0 Å². The molecule has 0 radical (unpaired) electrons. The van der Waals surface area contributed by atoms with Crippen molar-refractivity contribution < 1.29 is 7.65 Å². The number of aryl methyl sites for hydroxylation is 1. The van der Waals surface area contributed by atoms with Gasteiger partial charge in [-0.25, -0.2) is 4.98 Å². The number of rotatable bonds is 4. The molecule has 0 amide bonds. The Morgan fingerprint density at radius 1 is 1.17 bits per heavy atom. The SMILES string of the molecule is CC#Cc1ccc(N2CCNC(c3ccccc3)C2)nc1C(=O)c1cccnc1C.[HH].[HH]. The van der Waals surface area contributed by atoms with Crippen molar-refractivity contribution in [1.82, 2.24) is 15.3 Å². The van der Waals surface area contributed by atoms with Gasteiger partial charge in [0.1, 0.15) is 11.5 Å². The van der Waals surface area contributed by atoms with Crippen molar-refractivity contribution in [3.05, 3.63) is 88.9 Å². The Kier molecular flexibility index (Phi) is 5.87. The minimum absolute atomic E-state index is 0. The Labute approximate surface area is 180 Å². The Hall–Kier alpha value is -3.49. The summed E-state index contributed by atoms with van der Waals surface area (Å²) in [6.45, 7) is 6.06. The Morgan fingerprint density at radius 3 is 2.77 bits per heavy atom. The quantitative estimate of drug-likeness (QED) is 0.529. The molecule has 1 fully saturated rings. The zero-order valence-electron chi connectivity index (χ0n) is 17.2. The number of hydrogen-bond donors (Lipinski definition) is 1. The number of pyridine rings is 2. The van der Waals surface area contributed by atoms with Crippen molar-refractivity contribution in [2.75, 3.05) is 24.5 Å². The number of aromatic nitrogens is 2. The molecule has 4 rings (SSSR count). The summed E-state index contributed by atoms with van der Waals surface area (Å²) in [6.07, 6.45) is 1.69. The van der Waals surface area contributed by atoms with Gasteiger partial charge in [0, 0.05) is 46.0 Å². The molecule has 1 saturated heterocycles. The summed E-state index contributed by atoms with van der Waals surface area (Å²) in [5.74, 6) is 6.57. The van der Waals surface area contributed by atoms with E-state index in [2.05, 4.69) is 51.3 Å². The maximum Gasteiger partial charge on any atom is 0.214 e. The zero-order valence-corrected chi connectivity index (χ0v) is 17.2. The van der Waals surface area contributed by atoms with Crippen LogP contribution in [-0.2, 0) is 0 Å². The molecule has 1 unspecified atom stereocenters. The van der Waals surface area contributed by atoms with Crippen LogP contribution < -0.4 is 10.2 Å². The number of piperazine rings is 1. The lowest BCUT2D eigenvalue weighted by Crippen LogP contribution is -2.46. The van der Waals surface area contributed by atoms with E-state index < -0.39 is 0 Å². The van der Waals surface area contributed by atoms with E-state index in [9.17, 15) is 4.79 Å². The van der Waals surface area contributed by atoms with Gasteiger partial charge in [-0.05, 0) is 43.7 Å². The number of anilines is 1. The van der Waals surface area contributed by atoms with Crippen LogP contribution in [0.5, 0.6) is 0 Å². The second-order valence-corrected chi connectivity index (χ2v) is 7.27. The van der Waals surface area contributed by atoms with Gasteiger partial charge in [-0.1, -0.05) is 36.3 Å². The molecule has 5 nitrogen and oxygen atoms in total. The van der Waals surface area contributed by atoms with E-state index in [1.807, 2.05) is 25.1 Å². The molecule has 1 N–H and O–H groups in total. The molecule has 3 aromatic rings. The van der Waals surface area contributed by atoms with Crippen LogP contribution in [0.25, 0.3) is 0 Å². The Bertz CT molecular complexity index is 1130. The van der Waals surface area contributed by atoms with Crippen molar-refractivity contribution in [3.63, 3.8) is 0 Å². The molecule has 0 aliphatic carbocycles. The summed E-state index contributed by atoms with van der Waals surface area (Å²) in [6, 6.07) is 18.0. The Morgan fingerprint density at radius 2 is 2.00 bits per heavy atom. The minimum Gasteiger partial charge on any atom is -0.353 e. The first-order valence-electron chi connectivity index (χ1n) is 10.1. The molecule has 30 heavy (non-hydrogen) atoms. The summed E-state index contributed by atoms with van der Waals surface area (Å²) in [7, 11) is 0. The van der Waals surface area contributed by atoms with E-state index in [-0.39, 0.29) is 14.7 Å². The minimum atomic E-state index is -0.144. The maximum absolute atomic E-state index is 13.3.